The van der Waals surface area contributed by atoms with Crippen LogP contribution in [-0.2, 0) is 0 Å². The van der Waals surface area contributed by atoms with Gasteiger partial charge >= 0.3 is 0 Å². The van der Waals surface area contributed by atoms with Gasteiger partial charge in [-0.25, -0.2) is 0 Å². The van der Waals surface area contributed by atoms with Gasteiger partial charge in [0.1, 0.15) is 0 Å². The number of rotatable bonds is 1. The highest BCUT2D eigenvalue weighted by atomic mass is 28.3. The fourth-order valence-electron chi connectivity index (χ4n) is 0.401. The van der Waals surface area contributed by atoms with Crippen molar-refractivity contribution in [1.82, 2.24) is 0 Å². The van der Waals surface area contributed by atoms with Crippen LogP contribution in [0.25, 0.3) is 0 Å². The molecule has 0 aliphatic heterocycles. The molecule has 0 nitrogen and oxygen atoms in total. The Morgan fingerprint density at radius 3 is 2.25 bits per heavy atom. The van der Waals surface area contributed by atoms with Crippen LogP contribution in [0.5, 0.6) is 0 Å². The van der Waals surface area contributed by atoms with Gasteiger partial charge in [-0.2, -0.15) is 0 Å². The first-order chi connectivity index (χ1) is 3.77. The Labute approximate surface area is 53.9 Å². The standard InChI is InChI=1S/C7H14Si/c1-4-5-6-7-8(2)3/h8H,4,7H2,1-3H3. The van der Waals surface area contributed by atoms with Gasteiger partial charge in [-0.15, -0.1) is 11.8 Å². The van der Waals surface area contributed by atoms with E-state index in [2.05, 4.69) is 31.9 Å². The lowest BCUT2D eigenvalue weighted by Gasteiger charge is -1.89. The van der Waals surface area contributed by atoms with Gasteiger partial charge in [0.05, 0.1) is 0 Å². The lowest BCUT2D eigenvalue weighted by Crippen LogP contribution is -1.94. The molecule has 0 bridgehead atoms. The van der Waals surface area contributed by atoms with Crippen LogP contribution in [0.3, 0.4) is 0 Å². The van der Waals surface area contributed by atoms with Crippen molar-refractivity contribution >= 4 is 8.80 Å². The van der Waals surface area contributed by atoms with Gasteiger partial charge in [0.2, 0.25) is 0 Å². The minimum absolute atomic E-state index is 0.376. The van der Waals surface area contributed by atoms with E-state index in [0.717, 1.165) is 6.42 Å². The summed E-state index contributed by atoms with van der Waals surface area (Å²) in [6.45, 7) is 6.74. The van der Waals surface area contributed by atoms with E-state index in [0.29, 0.717) is 0 Å². The molecular weight excluding hydrogens is 112 g/mol. The molecule has 0 spiro atoms. The predicted octanol–water partition coefficient (Wildman–Crippen LogP) is 1.89. The van der Waals surface area contributed by atoms with Crippen LogP contribution < -0.4 is 0 Å². The van der Waals surface area contributed by atoms with Gasteiger partial charge in [-0.1, -0.05) is 20.0 Å². The average molecular weight is 126 g/mol. The van der Waals surface area contributed by atoms with Crippen LogP contribution in [-0.4, -0.2) is 8.80 Å². The Hall–Kier alpha value is -0.223. The lowest BCUT2D eigenvalue weighted by atomic mass is 10.5. The molecule has 0 aromatic rings. The summed E-state index contributed by atoms with van der Waals surface area (Å²) in [4.78, 5) is 0. The molecule has 0 saturated heterocycles. The molecule has 0 saturated carbocycles. The maximum absolute atomic E-state index is 3.15. The van der Waals surface area contributed by atoms with Crippen molar-refractivity contribution in [3.05, 3.63) is 0 Å². The normalized spacial score (nSPS) is 8.50. The van der Waals surface area contributed by atoms with Crippen LogP contribution in [0.4, 0.5) is 0 Å². The van der Waals surface area contributed by atoms with Gasteiger partial charge in [0.25, 0.3) is 0 Å². The van der Waals surface area contributed by atoms with E-state index in [1.54, 1.807) is 0 Å². The highest BCUT2D eigenvalue weighted by Gasteiger charge is 1.87. The maximum Gasteiger partial charge on any atom is 0.0443 e. The van der Waals surface area contributed by atoms with Crippen molar-refractivity contribution in [2.45, 2.75) is 32.5 Å². The van der Waals surface area contributed by atoms with Gasteiger partial charge < -0.3 is 0 Å². The van der Waals surface area contributed by atoms with Crippen molar-refractivity contribution in [3.8, 4) is 11.8 Å². The van der Waals surface area contributed by atoms with Crippen molar-refractivity contribution in [2.75, 3.05) is 0 Å². The Kier molecular flexibility index (Phi) is 4.79. The molecule has 0 aromatic carbocycles. The van der Waals surface area contributed by atoms with E-state index >= 15 is 0 Å². The van der Waals surface area contributed by atoms with E-state index in [-0.39, 0.29) is 8.80 Å². The van der Waals surface area contributed by atoms with E-state index in [1.807, 2.05) is 0 Å². The molecule has 8 heavy (non-hydrogen) atoms. The first kappa shape index (κ1) is 7.78. The van der Waals surface area contributed by atoms with Crippen LogP contribution in [0.15, 0.2) is 0 Å². The highest BCUT2D eigenvalue weighted by molar-refractivity contribution is 6.56. The van der Waals surface area contributed by atoms with Crippen LogP contribution in [0, 0.1) is 11.8 Å². The van der Waals surface area contributed by atoms with E-state index in [9.17, 15) is 0 Å². The second kappa shape index (κ2) is 4.92. The molecule has 0 atom stereocenters. The highest BCUT2D eigenvalue weighted by Crippen LogP contribution is 1.86. The summed E-state index contributed by atoms with van der Waals surface area (Å²) in [7, 11) is -0.376. The van der Waals surface area contributed by atoms with E-state index in [4.69, 9.17) is 0 Å². The minimum Gasteiger partial charge on any atom is -0.107 e. The second-order valence-corrected chi connectivity index (χ2v) is 5.50. The van der Waals surface area contributed by atoms with Crippen molar-refractivity contribution in [2.24, 2.45) is 0 Å². The average Bonchev–Trinajstić information content (AvgIpc) is 1.66. The number of hydrogen-bond donors (Lipinski definition) is 0. The third kappa shape index (κ3) is 5.78. The molecule has 0 unspecified atom stereocenters. The fourth-order valence-corrected chi connectivity index (χ4v) is 0.954. The summed E-state index contributed by atoms with van der Waals surface area (Å²) < 4.78 is 0. The van der Waals surface area contributed by atoms with Gasteiger partial charge in [-0.3, -0.25) is 0 Å². The summed E-state index contributed by atoms with van der Waals surface area (Å²) in [5.41, 5.74) is 0. The van der Waals surface area contributed by atoms with Crippen molar-refractivity contribution in [3.63, 3.8) is 0 Å². The molecule has 0 aliphatic carbocycles. The first-order valence-electron chi connectivity index (χ1n) is 3.23. The topological polar surface area (TPSA) is 0 Å². The summed E-state index contributed by atoms with van der Waals surface area (Å²) in [5, 5.41) is 0. The molecule has 0 fully saturated rings. The zero-order valence-corrected chi connectivity index (χ0v) is 7.15. The second-order valence-electron chi connectivity index (χ2n) is 2.31. The smallest absolute Gasteiger partial charge is 0.0443 e. The van der Waals surface area contributed by atoms with E-state index in [1.165, 1.54) is 6.04 Å². The molecule has 0 heterocycles. The Morgan fingerprint density at radius 1 is 1.25 bits per heavy atom. The Balaban J connectivity index is 3.15. The molecule has 0 amide bonds. The number of hydrogen-bond acceptors (Lipinski definition) is 0. The third-order valence-corrected chi connectivity index (χ3v) is 1.83. The molecule has 0 radical (unpaired) electrons. The van der Waals surface area contributed by atoms with Crippen molar-refractivity contribution in [1.29, 1.82) is 0 Å². The summed E-state index contributed by atoms with van der Waals surface area (Å²) >= 11 is 0. The SMILES string of the molecule is CCC#CC[SiH](C)C. The van der Waals surface area contributed by atoms with Crippen LogP contribution in [0.2, 0.25) is 19.1 Å². The Bertz CT molecular complexity index is 94.7. The molecular formula is C7H14Si. The molecule has 0 N–H and O–H groups in total. The first-order valence-corrected chi connectivity index (χ1v) is 6.35. The van der Waals surface area contributed by atoms with Crippen molar-refractivity contribution < 1.29 is 0 Å². The van der Waals surface area contributed by atoms with Gasteiger partial charge in [-0.05, 0) is 0 Å². The maximum atomic E-state index is 3.15. The molecule has 0 aliphatic rings. The monoisotopic (exact) mass is 126 g/mol. The molecule has 0 aromatic heterocycles. The lowest BCUT2D eigenvalue weighted by molar-refractivity contribution is 1.28. The van der Waals surface area contributed by atoms with E-state index < -0.39 is 0 Å². The third-order valence-electron chi connectivity index (χ3n) is 0.812. The van der Waals surface area contributed by atoms with Gasteiger partial charge in [0, 0.05) is 21.3 Å². The Morgan fingerprint density at radius 2 is 1.88 bits per heavy atom. The molecule has 46 valence electrons. The minimum atomic E-state index is -0.376. The van der Waals surface area contributed by atoms with Gasteiger partial charge in [0.15, 0.2) is 0 Å². The fraction of sp³-hybridized carbons (Fsp3) is 0.714. The quantitative estimate of drug-likeness (QED) is 0.372. The largest absolute Gasteiger partial charge is 0.107 e. The zero-order valence-electron chi connectivity index (χ0n) is 5.99. The van der Waals surface area contributed by atoms with Crippen LogP contribution in [0.1, 0.15) is 13.3 Å². The predicted molar refractivity (Wildman–Crippen MR) is 41.8 cm³/mol. The summed E-state index contributed by atoms with van der Waals surface area (Å²) in [5.74, 6) is 6.21. The molecule has 0 rings (SSSR count). The zero-order chi connectivity index (χ0) is 6.41. The molecule has 1 heteroatoms. The van der Waals surface area contributed by atoms with Crippen LogP contribution >= 0.6 is 0 Å². The summed E-state index contributed by atoms with van der Waals surface area (Å²) in [6.07, 6.45) is 1.02. The summed E-state index contributed by atoms with van der Waals surface area (Å²) in [6, 6.07) is 1.19.